The highest BCUT2D eigenvalue weighted by atomic mass is 16.5. The van der Waals surface area contributed by atoms with E-state index in [0.717, 1.165) is 16.6 Å². The number of amides is 2. The van der Waals surface area contributed by atoms with Crippen molar-refractivity contribution in [3.05, 3.63) is 65.9 Å². The van der Waals surface area contributed by atoms with Crippen molar-refractivity contribution in [1.29, 1.82) is 0 Å². The molecule has 0 bridgehead atoms. The van der Waals surface area contributed by atoms with E-state index in [1.54, 1.807) is 4.90 Å². The Morgan fingerprint density at radius 1 is 1.11 bits per heavy atom. The molecule has 1 atom stereocenters. The average Bonchev–Trinajstić information content (AvgIpc) is 3.04. The smallest absolute Gasteiger partial charge is 0.256 e. The lowest BCUT2D eigenvalue weighted by atomic mass is 10.1. The zero-order chi connectivity index (χ0) is 18.8. The first kappa shape index (κ1) is 17.3. The lowest BCUT2D eigenvalue weighted by Crippen LogP contribution is -2.50. The zero-order valence-corrected chi connectivity index (χ0v) is 15.1. The van der Waals surface area contributed by atoms with Gasteiger partial charge in [-0.2, -0.15) is 0 Å². The number of hydrogen-bond acceptors (Lipinski definition) is 3. The number of H-pyrrole nitrogens is 1. The molecule has 1 aliphatic heterocycles. The Kier molecular flexibility index (Phi) is 4.64. The Morgan fingerprint density at radius 3 is 2.67 bits per heavy atom. The number of aryl methyl sites for hydroxylation is 1. The summed E-state index contributed by atoms with van der Waals surface area (Å²) in [5.74, 6) is -0.319. The Hall–Kier alpha value is -3.12. The van der Waals surface area contributed by atoms with E-state index in [0.29, 0.717) is 24.4 Å². The van der Waals surface area contributed by atoms with Gasteiger partial charge in [0.25, 0.3) is 11.8 Å². The molecule has 0 unspecified atom stereocenters. The molecule has 1 aromatic heterocycles. The van der Waals surface area contributed by atoms with Crippen molar-refractivity contribution in [2.24, 2.45) is 0 Å². The number of carbonyl (C=O) groups excluding carboxylic acids is 2. The fraction of sp³-hybridized carbons (Fsp3) is 0.238. The Bertz CT molecular complexity index is 981. The summed E-state index contributed by atoms with van der Waals surface area (Å²) in [6, 6.07) is 17.0. The largest absolute Gasteiger partial charge is 0.365 e. The van der Waals surface area contributed by atoms with Crippen molar-refractivity contribution in [2.45, 2.75) is 13.0 Å². The van der Waals surface area contributed by atoms with Crippen molar-refractivity contribution in [3.63, 3.8) is 0 Å². The number of morpholine rings is 1. The van der Waals surface area contributed by atoms with Crippen LogP contribution in [-0.2, 0) is 9.53 Å². The van der Waals surface area contributed by atoms with Crippen molar-refractivity contribution in [2.75, 3.05) is 25.0 Å². The summed E-state index contributed by atoms with van der Waals surface area (Å²) in [6.45, 7) is 2.93. The molecular formula is C21H21N3O3. The normalized spacial score (nSPS) is 17.1. The summed E-state index contributed by atoms with van der Waals surface area (Å²) in [6.07, 6.45) is -0.687. The molecule has 6 nitrogen and oxygen atoms in total. The molecule has 6 heteroatoms. The van der Waals surface area contributed by atoms with Crippen LogP contribution in [0.1, 0.15) is 16.1 Å². The number of benzene rings is 2. The monoisotopic (exact) mass is 363 g/mol. The number of nitrogens with zero attached hydrogens (tertiary/aromatic N) is 1. The molecule has 2 aromatic carbocycles. The van der Waals surface area contributed by atoms with Crippen LogP contribution in [0.15, 0.2) is 54.6 Å². The van der Waals surface area contributed by atoms with E-state index < -0.39 is 6.10 Å². The van der Waals surface area contributed by atoms with E-state index in [2.05, 4.69) is 10.3 Å². The summed E-state index contributed by atoms with van der Waals surface area (Å²) >= 11 is 0. The molecule has 1 saturated heterocycles. The highest BCUT2D eigenvalue weighted by Gasteiger charge is 2.31. The number of rotatable bonds is 3. The number of nitrogens with one attached hydrogen (secondary N) is 2. The van der Waals surface area contributed by atoms with Crippen molar-refractivity contribution in [1.82, 2.24) is 9.88 Å². The van der Waals surface area contributed by atoms with Gasteiger partial charge in [0, 0.05) is 28.8 Å². The van der Waals surface area contributed by atoms with Crippen LogP contribution in [0.4, 0.5) is 5.69 Å². The fourth-order valence-corrected chi connectivity index (χ4v) is 3.45. The molecule has 138 valence electrons. The predicted octanol–water partition coefficient (Wildman–Crippen LogP) is 2.96. The van der Waals surface area contributed by atoms with Gasteiger partial charge in [0.05, 0.1) is 18.7 Å². The molecule has 1 aliphatic rings. The van der Waals surface area contributed by atoms with Crippen LogP contribution in [0.25, 0.3) is 10.9 Å². The summed E-state index contributed by atoms with van der Waals surface area (Å²) in [4.78, 5) is 30.6. The van der Waals surface area contributed by atoms with Crippen LogP contribution in [0.3, 0.4) is 0 Å². The third-order valence-corrected chi connectivity index (χ3v) is 4.79. The zero-order valence-electron chi connectivity index (χ0n) is 15.1. The van der Waals surface area contributed by atoms with E-state index in [4.69, 9.17) is 4.74 Å². The average molecular weight is 363 g/mol. The summed E-state index contributed by atoms with van der Waals surface area (Å²) in [5, 5.41) is 3.74. The van der Waals surface area contributed by atoms with Gasteiger partial charge in [-0.1, -0.05) is 36.4 Å². The number of fused-ring (bicyclic) bond motifs is 1. The molecule has 0 saturated carbocycles. The third-order valence-electron chi connectivity index (χ3n) is 4.79. The second kappa shape index (κ2) is 7.25. The Morgan fingerprint density at radius 2 is 1.85 bits per heavy atom. The second-order valence-electron chi connectivity index (χ2n) is 6.64. The molecule has 1 fully saturated rings. The summed E-state index contributed by atoms with van der Waals surface area (Å²) < 4.78 is 5.61. The maximum atomic E-state index is 13.1. The molecular weight excluding hydrogens is 342 g/mol. The van der Waals surface area contributed by atoms with Gasteiger partial charge in [-0.25, -0.2) is 0 Å². The van der Waals surface area contributed by atoms with Gasteiger partial charge in [0.2, 0.25) is 0 Å². The van der Waals surface area contributed by atoms with Crippen molar-refractivity contribution in [3.8, 4) is 0 Å². The van der Waals surface area contributed by atoms with Gasteiger partial charge >= 0.3 is 0 Å². The molecule has 27 heavy (non-hydrogen) atoms. The highest BCUT2D eigenvalue weighted by Crippen LogP contribution is 2.24. The molecule has 3 aromatic rings. The molecule has 2 N–H and O–H groups in total. The molecule has 2 amide bonds. The number of hydrogen-bond donors (Lipinski definition) is 2. The van der Waals surface area contributed by atoms with Gasteiger partial charge in [-0.15, -0.1) is 0 Å². The van der Waals surface area contributed by atoms with E-state index in [1.165, 1.54) is 0 Å². The standard InChI is InChI=1S/C21H21N3O3/c1-14-19(16-9-5-6-10-17(16)22-14)21(26)24-11-12-27-18(13-24)20(25)23-15-7-3-2-4-8-15/h2-10,18,22H,11-13H2,1H3,(H,23,25)/t18-/m1/s1. The summed E-state index contributed by atoms with van der Waals surface area (Å²) in [5.41, 5.74) is 3.14. The summed E-state index contributed by atoms with van der Waals surface area (Å²) in [7, 11) is 0. The molecule has 0 aliphatic carbocycles. The quantitative estimate of drug-likeness (QED) is 0.751. The van der Waals surface area contributed by atoms with E-state index in [9.17, 15) is 9.59 Å². The molecule has 0 radical (unpaired) electrons. The fourth-order valence-electron chi connectivity index (χ4n) is 3.45. The van der Waals surface area contributed by atoms with E-state index in [1.807, 2.05) is 61.5 Å². The molecule has 0 spiro atoms. The van der Waals surface area contributed by atoms with Crippen molar-refractivity contribution >= 4 is 28.4 Å². The van der Waals surface area contributed by atoms with Crippen molar-refractivity contribution < 1.29 is 14.3 Å². The van der Waals surface area contributed by atoms with Gasteiger partial charge in [-0.3, -0.25) is 9.59 Å². The first-order chi connectivity index (χ1) is 13.1. The minimum Gasteiger partial charge on any atom is -0.365 e. The minimum atomic E-state index is -0.687. The lowest BCUT2D eigenvalue weighted by molar-refractivity contribution is -0.131. The SMILES string of the molecule is Cc1[nH]c2ccccc2c1C(=O)N1CCO[C@@H](C(=O)Nc2ccccc2)C1. The van der Waals surface area contributed by atoms with Crippen LogP contribution in [0, 0.1) is 6.92 Å². The van der Waals surface area contributed by atoms with Gasteiger partial charge in [0.1, 0.15) is 0 Å². The highest BCUT2D eigenvalue weighted by molar-refractivity contribution is 6.08. The Balaban J connectivity index is 1.51. The second-order valence-corrected chi connectivity index (χ2v) is 6.64. The van der Waals surface area contributed by atoms with Crippen LogP contribution >= 0.6 is 0 Å². The molecule has 4 rings (SSSR count). The van der Waals surface area contributed by atoms with Crippen LogP contribution in [0.2, 0.25) is 0 Å². The van der Waals surface area contributed by atoms with Gasteiger partial charge in [-0.05, 0) is 25.1 Å². The minimum absolute atomic E-state index is 0.0780. The van der Waals surface area contributed by atoms with Gasteiger partial charge in [0.15, 0.2) is 6.10 Å². The number of aromatic amines is 1. The van der Waals surface area contributed by atoms with Crippen LogP contribution < -0.4 is 5.32 Å². The van der Waals surface area contributed by atoms with E-state index >= 15 is 0 Å². The number of aromatic nitrogens is 1. The number of para-hydroxylation sites is 2. The molecule has 2 heterocycles. The number of carbonyl (C=O) groups is 2. The third kappa shape index (κ3) is 3.44. The first-order valence-corrected chi connectivity index (χ1v) is 8.97. The number of ether oxygens (including phenoxy) is 1. The lowest BCUT2D eigenvalue weighted by Gasteiger charge is -2.32. The Labute approximate surface area is 157 Å². The van der Waals surface area contributed by atoms with Gasteiger partial charge < -0.3 is 19.9 Å². The number of anilines is 1. The maximum absolute atomic E-state index is 13.1. The predicted molar refractivity (Wildman–Crippen MR) is 104 cm³/mol. The van der Waals surface area contributed by atoms with Crippen LogP contribution in [-0.4, -0.2) is 47.5 Å². The topological polar surface area (TPSA) is 74.4 Å². The first-order valence-electron chi connectivity index (χ1n) is 8.97. The van der Waals surface area contributed by atoms with Crippen LogP contribution in [0.5, 0.6) is 0 Å². The van der Waals surface area contributed by atoms with E-state index in [-0.39, 0.29) is 18.4 Å². The maximum Gasteiger partial charge on any atom is 0.256 e.